The SMILES string of the molecule is COC(=O)c1[nH]n2c(=O)c(C3CCCCC3)cnc2c1-c1ccc(Cc2ccccc2)cc1. The molecule has 1 saturated carbocycles. The van der Waals surface area contributed by atoms with Crippen LogP contribution in [0, 0.1) is 0 Å². The second-order valence-corrected chi connectivity index (χ2v) is 8.73. The van der Waals surface area contributed by atoms with Crippen LogP contribution in [-0.2, 0) is 11.2 Å². The Bertz CT molecular complexity index is 1330. The fourth-order valence-electron chi connectivity index (χ4n) is 4.87. The molecule has 0 saturated heterocycles. The molecule has 0 aliphatic heterocycles. The number of ether oxygens (including phenoxy) is 1. The van der Waals surface area contributed by atoms with Crippen LogP contribution in [0.5, 0.6) is 0 Å². The van der Waals surface area contributed by atoms with Crippen LogP contribution in [0.25, 0.3) is 16.8 Å². The topological polar surface area (TPSA) is 76.5 Å². The molecule has 2 aromatic carbocycles. The summed E-state index contributed by atoms with van der Waals surface area (Å²) in [7, 11) is 1.34. The molecule has 0 unspecified atom stereocenters. The van der Waals surface area contributed by atoms with E-state index in [0.29, 0.717) is 11.2 Å². The number of carbonyl (C=O) groups is 1. The average Bonchev–Trinajstić information content (AvgIpc) is 3.26. The number of benzene rings is 2. The lowest BCUT2D eigenvalue weighted by atomic mass is 9.85. The Hall–Kier alpha value is -3.67. The summed E-state index contributed by atoms with van der Waals surface area (Å²) in [6, 6.07) is 18.3. The van der Waals surface area contributed by atoms with Gasteiger partial charge in [-0.05, 0) is 41.9 Å². The van der Waals surface area contributed by atoms with Crippen LogP contribution in [0.3, 0.4) is 0 Å². The van der Waals surface area contributed by atoms with Crippen molar-refractivity contribution >= 4 is 11.6 Å². The Labute approximate surface area is 192 Å². The summed E-state index contributed by atoms with van der Waals surface area (Å²) in [5, 5.41) is 2.98. The van der Waals surface area contributed by atoms with Gasteiger partial charge in [0.15, 0.2) is 11.3 Å². The number of aromatic amines is 1. The fraction of sp³-hybridized carbons (Fsp3) is 0.296. The van der Waals surface area contributed by atoms with Crippen LogP contribution in [0.15, 0.2) is 65.6 Å². The van der Waals surface area contributed by atoms with Gasteiger partial charge in [-0.15, -0.1) is 0 Å². The first-order valence-corrected chi connectivity index (χ1v) is 11.5. The van der Waals surface area contributed by atoms with Gasteiger partial charge in [-0.1, -0.05) is 73.9 Å². The van der Waals surface area contributed by atoms with Gasteiger partial charge < -0.3 is 4.74 Å². The molecule has 0 atom stereocenters. The van der Waals surface area contributed by atoms with Gasteiger partial charge in [0.25, 0.3) is 5.56 Å². The summed E-state index contributed by atoms with van der Waals surface area (Å²) in [6.45, 7) is 0. The van der Waals surface area contributed by atoms with Crippen molar-refractivity contribution < 1.29 is 9.53 Å². The van der Waals surface area contributed by atoms with E-state index in [9.17, 15) is 9.59 Å². The number of fused-ring (bicyclic) bond motifs is 1. The predicted octanol–water partition coefficient (Wildman–Crippen LogP) is 5.11. The molecule has 1 aliphatic carbocycles. The Kier molecular flexibility index (Phi) is 5.82. The Balaban J connectivity index is 1.57. The summed E-state index contributed by atoms with van der Waals surface area (Å²) >= 11 is 0. The fourth-order valence-corrected chi connectivity index (χ4v) is 4.87. The lowest BCUT2D eigenvalue weighted by Gasteiger charge is -2.20. The molecular formula is C27H27N3O3. The van der Waals surface area contributed by atoms with Crippen molar-refractivity contribution in [2.45, 2.75) is 44.4 Å². The summed E-state index contributed by atoms with van der Waals surface area (Å²) in [4.78, 5) is 30.6. The van der Waals surface area contributed by atoms with Gasteiger partial charge in [-0.3, -0.25) is 9.89 Å². The Morgan fingerprint density at radius 2 is 1.73 bits per heavy atom. The van der Waals surface area contributed by atoms with E-state index < -0.39 is 5.97 Å². The molecule has 168 valence electrons. The normalized spacial score (nSPS) is 14.5. The lowest BCUT2D eigenvalue weighted by molar-refractivity contribution is 0.0594. The molecule has 4 aromatic rings. The van der Waals surface area contributed by atoms with E-state index in [-0.39, 0.29) is 17.2 Å². The second-order valence-electron chi connectivity index (χ2n) is 8.73. The number of rotatable bonds is 5. The third-order valence-electron chi connectivity index (χ3n) is 6.61. The van der Waals surface area contributed by atoms with E-state index in [1.165, 1.54) is 23.6 Å². The highest BCUT2D eigenvalue weighted by molar-refractivity contribution is 5.99. The Morgan fingerprint density at radius 1 is 1.03 bits per heavy atom. The van der Waals surface area contributed by atoms with E-state index in [4.69, 9.17) is 4.74 Å². The standard InChI is InChI=1S/C27H27N3O3/c1-33-27(32)24-23(21-14-12-19(13-15-21)16-18-8-4-2-5-9-18)25-28-17-22(26(31)30(25)29-24)20-10-6-3-7-11-20/h2,4-5,8-9,12-15,17,20,29H,3,6-7,10-11,16H2,1H3. The van der Waals surface area contributed by atoms with Crippen molar-refractivity contribution in [3.05, 3.63) is 93.5 Å². The minimum absolute atomic E-state index is 0.135. The molecule has 0 amide bonds. The van der Waals surface area contributed by atoms with Gasteiger partial charge in [-0.2, -0.15) is 0 Å². The van der Waals surface area contributed by atoms with Crippen LogP contribution in [0.4, 0.5) is 0 Å². The van der Waals surface area contributed by atoms with E-state index in [0.717, 1.165) is 48.8 Å². The zero-order valence-electron chi connectivity index (χ0n) is 18.7. The van der Waals surface area contributed by atoms with Crippen LogP contribution < -0.4 is 5.56 Å². The summed E-state index contributed by atoms with van der Waals surface area (Å²) in [6.07, 6.45) is 8.01. The number of nitrogens with one attached hydrogen (secondary N) is 1. The molecule has 33 heavy (non-hydrogen) atoms. The van der Waals surface area contributed by atoms with E-state index in [1.807, 2.05) is 42.5 Å². The highest BCUT2D eigenvalue weighted by Crippen LogP contribution is 2.32. The maximum atomic E-state index is 13.3. The summed E-state index contributed by atoms with van der Waals surface area (Å²) in [5.74, 6) is -0.302. The number of methoxy groups -OCH3 is 1. The van der Waals surface area contributed by atoms with Crippen molar-refractivity contribution in [3.8, 4) is 11.1 Å². The molecule has 0 spiro atoms. The lowest BCUT2D eigenvalue weighted by Crippen LogP contribution is -2.23. The number of carbonyl (C=O) groups excluding carboxylic acids is 1. The van der Waals surface area contributed by atoms with E-state index >= 15 is 0 Å². The second kappa shape index (κ2) is 9.06. The van der Waals surface area contributed by atoms with Gasteiger partial charge in [0.2, 0.25) is 0 Å². The van der Waals surface area contributed by atoms with Crippen LogP contribution in [-0.4, -0.2) is 27.7 Å². The van der Waals surface area contributed by atoms with Crippen molar-refractivity contribution in [1.29, 1.82) is 0 Å². The van der Waals surface area contributed by atoms with Crippen molar-refractivity contribution in [1.82, 2.24) is 14.6 Å². The third-order valence-corrected chi connectivity index (χ3v) is 6.61. The first-order valence-electron chi connectivity index (χ1n) is 11.5. The molecule has 6 heteroatoms. The molecule has 2 heterocycles. The van der Waals surface area contributed by atoms with Crippen LogP contribution in [0.2, 0.25) is 0 Å². The number of hydrogen-bond acceptors (Lipinski definition) is 4. The first-order chi connectivity index (χ1) is 16.2. The Morgan fingerprint density at radius 3 is 2.42 bits per heavy atom. The van der Waals surface area contributed by atoms with Crippen LogP contribution in [0.1, 0.15) is 65.2 Å². The number of hydrogen-bond donors (Lipinski definition) is 1. The molecule has 6 nitrogen and oxygen atoms in total. The summed E-state index contributed by atoms with van der Waals surface area (Å²) in [5.41, 5.74) is 5.04. The average molecular weight is 442 g/mol. The van der Waals surface area contributed by atoms with Gasteiger partial charge in [-0.25, -0.2) is 14.3 Å². The summed E-state index contributed by atoms with van der Waals surface area (Å²) < 4.78 is 6.41. The number of aromatic nitrogens is 3. The van der Waals surface area contributed by atoms with Gasteiger partial charge >= 0.3 is 5.97 Å². The third kappa shape index (κ3) is 4.09. The highest BCUT2D eigenvalue weighted by Gasteiger charge is 2.25. The van der Waals surface area contributed by atoms with E-state index in [1.54, 1.807) is 6.20 Å². The first kappa shape index (κ1) is 21.2. The highest BCUT2D eigenvalue weighted by atomic mass is 16.5. The van der Waals surface area contributed by atoms with Crippen molar-refractivity contribution in [2.24, 2.45) is 0 Å². The molecule has 0 bridgehead atoms. The monoisotopic (exact) mass is 441 g/mol. The zero-order chi connectivity index (χ0) is 22.8. The number of nitrogens with zero attached hydrogens (tertiary/aromatic N) is 2. The number of esters is 1. The van der Waals surface area contributed by atoms with Gasteiger partial charge in [0.05, 0.1) is 12.7 Å². The quantitative estimate of drug-likeness (QED) is 0.437. The molecule has 5 rings (SSSR count). The largest absolute Gasteiger partial charge is 0.464 e. The minimum atomic E-state index is -0.525. The number of H-pyrrole nitrogens is 1. The maximum Gasteiger partial charge on any atom is 0.356 e. The van der Waals surface area contributed by atoms with Crippen molar-refractivity contribution in [2.75, 3.05) is 7.11 Å². The minimum Gasteiger partial charge on any atom is -0.464 e. The van der Waals surface area contributed by atoms with Gasteiger partial charge in [0, 0.05) is 11.8 Å². The zero-order valence-corrected chi connectivity index (χ0v) is 18.7. The van der Waals surface area contributed by atoms with Gasteiger partial charge in [0.1, 0.15) is 0 Å². The van der Waals surface area contributed by atoms with Crippen LogP contribution >= 0.6 is 0 Å². The van der Waals surface area contributed by atoms with E-state index in [2.05, 4.69) is 22.2 Å². The maximum absolute atomic E-state index is 13.3. The molecule has 1 fully saturated rings. The molecule has 1 aliphatic rings. The molecule has 1 N–H and O–H groups in total. The smallest absolute Gasteiger partial charge is 0.356 e. The predicted molar refractivity (Wildman–Crippen MR) is 128 cm³/mol. The molecule has 0 radical (unpaired) electrons. The molecular weight excluding hydrogens is 414 g/mol. The molecule has 2 aromatic heterocycles. The van der Waals surface area contributed by atoms with Crippen molar-refractivity contribution in [3.63, 3.8) is 0 Å².